The van der Waals surface area contributed by atoms with Gasteiger partial charge in [0.15, 0.2) is 0 Å². The Morgan fingerprint density at radius 3 is 2.47 bits per heavy atom. The van der Waals surface area contributed by atoms with Crippen LogP contribution in [0.1, 0.15) is 61.6 Å². The average Bonchev–Trinajstić information content (AvgIpc) is 2.76. The highest BCUT2D eigenvalue weighted by atomic mass is 79.9. The van der Waals surface area contributed by atoms with Crippen LogP contribution in [-0.2, 0) is 0 Å². The summed E-state index contributed by atoms with van der Waals surface area (Å²) in [5, 5.41) is 0. The van der Waals surface area contributed by atoms with E-state index in [9.17, 15) is 0 Å². The number of halogens is 3. The summed E-state index contributed by atoms with van der Waals surface area (Å²) in [6.45, 7) is 2.30. The zero-order chi connectivity index (χ0) is 13.8. The molecule has 1 saturated carbocycles. The van der Waals surface area contributed by atoms with Crippen molar-refractivity contribution in [3.8, 4) is 0 Å². The Hall–Kier alpha value is 1.14. The van der Waals surface area contributed by atoms with E-state index in [2.05, 4.69) is 60.8 Å². The van der Waals surface area contributed by atoms with Gasteiger partial charge in [0.25, 0.3) is 0 Å². The molecule has 0 spiro atoms. The summed E-state index contributed by atoms with van der Waals surface area (Å²) in [5.74, 6) is 1.81. The highest BCUT2D eigenvalue weighted by Gasteiger charge is 2.28. The Kier molecular flexibility index (Phi) is 6.91. The fourth-order valence-electron chi connectivity index (χ4n) is 2.99. The van der Waals surface area contributed by atoms with Crippen LogP contribution in [0.15, 0.2) is 14.3 Å². The third-order valence-corrected chi connectivity index (χ3v) is 9.09. The Morgan fingerprint density at radius 2 is 1.95 bits per heavy atom. The smallest absolute Gasteiger partial charge is 0.0843 e. The second-order valence-corrected chi connectivity index (χ2v) is 9.84. The van der Waals surface area contributed by atoms with Gasteiger partial charge < -0.3 is 0 Å². The van der Waals surface area contributed by atoms with Crippen molar-refractivity contribution in [3.05, 3.63) is 19.2 Å². The van der Waals surface area contributed by atoms with Crippen LogP contribution in [-0.4, -0.2) is 0 Å². The van der Waals surface area contributed by atoms with Crippen molar-refractivity contribution >= 4 is 59.1 Å². The maximum atomic E-state index is 3.94. The van der Waals surface area contributed by atoms with Gasteiger partial charge in [-0.1, -0.05) is 55.0 Å². The van der Waals surface area contributed by atoms with Gasteiger partial charge in [0.1, 0.15) is 0 Å². The summed E-state index contributed by atoms with van der Waals surface area (Å²) in [6, 6.07) is 2.26. The van der Waals surface area contributed by atoms with Gasteiger partial charge in [-0.05, 0) is 62.6 Å². The summed E-state index contributed by atoms with van der Waals surface area (Å²) < 4.78 is 2.40. The van der Waals surface area contributed by atoms with Crippen LogP contribution in [0.2, 0.25) is 0 Å². The van der Waals surface area contributed by atoms with Crippen molar-refractivity contribution in [1.29, 1.82) is 0 Å². The molecule has 0 nitrogen and oxygen atoms in total. The van der Waals surface area contributed by atoms with Crippen LogP contribution in [0.25, 0.3) is 0 Å². The molecule has 108 valence electrons. The molecule has 0 radical (unpaired) electrons. The number of unbranched alkanes of at least 4 members (excludes halogenated alkanes) is 1. The predicted molar refractivity (Wildman–Crippen MR) is 96.4 cm³/mol. The van der Waals surface area contributed by atoms with Crippen LogP contribution in [0.5, 0.6) is 0 Å². The second-order valence-electron chi connectivity index (χ2n) is 5.60. The molecule has 1 aromatic heterocycles. The quantitative estimate of drug-likeness (QED) is 0.385. The van der Waals surface area contributed by atoms with Gasteiger partial charge in [0, 0.05) is 9.35 Å². The Balaban J connectivity index is 1.87. The molecule has 0 aromatic carbocycles. The molecule has 1 atom stereocenters. The van der Waals surface area contributed by atoms with Crippen molar-refractivity contribution in [2.45, 2.75) is 56.7 Å². The van der Waals surface area contributed by atoms with E-state index in [0.717, 1.165) is 11.8 Å². The molecule has 0 saturated heterocycles. The van der Waals surface area contributed by atoms with Gasteiger partial charge in [-0.3, -0.25) is 0 Å². The lowest BCUT2D eigenvalue weighted by Gasteiger charge is -2.31. The Bertz CT molecular complexity index is 375. The molecule has 4 heteroatoms. The minimum absolute atomic E-state index is 0.534. The average molecular weight is 473 g/mol. The first-order valence-electron chi connectivity index (χ1n) is 7.20. The van der Waals surface area contributed by atoms with Crippen molar-refractivity contribution in [2.24, 2.45) is 11.8 Å². The monoisotopic (exact) mass is 470 g/mol. The van der Waals surface area contributed by atoms with Gasteiger partial charge >= 0.3 is 0 Å². The van der Waals surface area contributed by atoms with E-state index in [-0.39, 0.29) is 0 Å². The lowest BCUT2D eigenvalue weighted by molar-refractivity contribution is 0.258. The molecule has 0 N–H and O–H groups in total. The molecule has 19 heavy (non-hydrogen) atoms. The number of alkyl halides is 1. The molecular weight excluding hydrogens is 452 g/mol. The molecule has 1 heterocycles. The van der Waals surface area contributed by atoms with E-state index >= 15 is 0 Å². The first-order chi connectivity index (χ1) is 9.11. The van der Waals surface area contributed by atoms with Crippen LogP contribution < -0.4 is 0 Å². The molecule has 1 unspecified atom stereocenters. The Labute approximate surface area is 146 Å². The zero-order valence-corrected chi connectivity index (χ0v) is 16.9. The molecule has 1 aliphatic rings. The van der Waals surface area contributed by atoms with Crippen LogP contribution in [0, 0.1) is 11.8 Å². The van der Waals surface area contributed by atoms with Gasteiger partial charge in [-0.25, -0.2) is 0 Å². The standard InChI is InChI=1S/C15H21Br3S/c1-2-3-4-10-5-7-11(8-6-10)14(17)13-9-12(16)15(18)19-13/h9-11,14H,2-8H2,1H3. The first kappa shape index (κ1) is 16.5. The number of hydrogen-bond acceptors (Lipinski definition) is 1. The molecular formula is C15H21Br3S. The summed E-state index contributed by atoms with van der Waals surface area (Å²) in [7, 11) is 0. The van der Waals surface area contributed by atoms with Gasteiger partial charge in [0.2, 0.25) is 0 Å². The van der Waals surface area contributed by atoms with Crippen LogP contribution >= 0.6 is 59.1 Å². The van der Waals surface area contributed by atoms with E-state index in [1.807, 2.05) is 11.3 Å². The molecule has 1 aliphatic carbocycles. The fourth-order valence-corrected chi connectivity index (χ4v) is 6.10. The maximum absolute atomic E-state index is 3.94. The predicted octanol–water partition coefficient (Wildman–Crippen LogP) is 7.71. The minimum atomic E-state index is 0.534. The minimum Gasteiger partial charge on any atom is -0.131 e. The topological polar surface area (TPSA) is 0 Å². The number of hydrogen-bond donors (Lipinski definition) is 0. The normalized spacial score (nSPS) is 25.5. The van der Waals surface area contributed by atoms with E-state index in [1.165, 1.54) is 58.1 Å². The zero-order valence-electron chi connectivity index (χ0n) is 11.3. The third kappa shape index (κ3) is 4.55. The van der Waals surface area contributed by atoms with Crippen LogP contribution in [0.4, 0.5) is 0 Å². The number of thiophene rings is 1. The van der Waals surface area contributed by atoms with Gasteiger partial charge in [-0.2, -0.15) is 0 Å². The van der Waals surface area contributed by atoms with Crippen molar-refractivity contribution < 1.29 is 0 Å². The fraction of sp³-hybridized carbons (Fsp3) is 0.733. The van der Waals surface area contributed by atoms with E-state index in [1.54, 1.807) is 0 Å². The van der Waals surface area contributed by atoms with Crippen molar-refractivity contribution in [3.63, 3.8) is 0 Å². The summed E-state index contributed by atoms with van der Waals surface area (Å²) in [4.78, 5) is 1.99. The lowest BCUT2D eigenvalue weighted by atomic mass is 9.78. The number of rotatable bonds is 5. The Morgan fingerprint density at radius 1 is 1.26 bits per heavy atom. The first-order valence-corrected chi connectivity index (χ1v) is 10.5. The van der Waals surface area contributed by atoms with Crippen molar-refractivity contribution in [1.82, 2.24) is 0 Å². The molecule has 1 aromatic rings. The largest absolute Gasteiger partial charge is 0.131 e. The second kappa shape index (κ2) is 7.95. The summed E-state index contributed by atoms with van der Waals surface area (Å²) in [6.07, 6.45) is 9.85. The third-order valence-electron chi connectivity index (χ3n) is 4.21. The molecule has 2 rings (SSSR count). The van der Waals surface area contributed by atoms with E-state index < -0.39 is 0 Å². The summed E-state index contributed by atoms with van der Waals surface area (Å²) >= 11 is 13.0. The maximum Gasteiger partial charge on any atom is 0.0843 e. The van der Waals surface area contributed by atoms with E-state index in [4.69, 9.17) is 0 Å². The molecule has 0 amide bonds. The molecule has 0 aliphatic heterocycles. The van der Waals surface area contributed by atoms with E-state index in [0.29, 0.717) is 4.83 Å². The van der Waals surface area contributed by atoms with Crippen LogP contribution in [0.3, 0.4) is 0 Å². The SMILES string of the molecule is CCCCC1CCC(C(Br)c2cc(Br)c(Br)s2)CC1. The van der Waals surface area contributed by atoms with Gasteiger partial charge in [0.05, 0.1) is 8.61 Å². The molecule has 0 bridgehead atoms. The molecule has 1 fully saturated rings. The summed E-state index contributed by atoms with van der Waals surface area (Å²) in [5.41, 5.74) is 0. The van der Waals surface area contributed by atoms with Gasteiger partial charge in [-0.15, -0.1) is 11.3 Å². The highest BCUT2D eigenvalue weighted by molar-refractivity contribution is 9.13. The highest BCUT2D eigenvalue weighted by Crippen LogP contribution is 2.46. The van der Waals surface area contributed by atoms with Crippen molar-refractivity contribution in [2.75, 3.05) is 0 Å². The lowest BCUT2D eigenvalue weighted by Crippen LogP contribution is -2.17.